The highest BCUT2D eigenvalue weighted by atomic mass is 31.2. The van der Waals surface area contributed by atoms with E-state index in [1.165, 1.54) is 116 Å². The van der Waals surface area contributed by atoms with Gasteiger partial charge in [0.25, 0.3) is 0 Å². The van der Waals surface area contributed by atoms with Crippen LogP contribution in [0.4, 0.5) is 0 Å². The van der Waals surface area contributed by atoms with Crippen LogP contribution in [0, 0.1) is 0 Å². The summed E-state index contributed by atoms with van der Waals surface area (Å²) in [4.78, 5) is 35.7. The molecule has 0 fully saturated rings. The number of phosphoric acid groups is 1. The molecule has 0 aromatic rings. The van der Waals surface area contributed by atoms with Gasteiger partial charge in [0.2, 0.25) is 0 Å². The average molecular weight is 1140 g/mol. The second-order valence-electron chi connectivity index (χ2n) is 22.4. The van der Waals surface area contributed by atoms with E-state index in [-0.39, 0.29) is 26.1 Å². The monoisotopic (exact) mass is 1130 g/mol. The van der Waals surface area contributed by atoms with Crippen molar-refractivity contribution < 1.29 is 42.1 Å². The minimum atomic E-state index is -4.40. The summed E-state index contributed by atoms with van der Waals surface area (Å²) in [5, 5.41) is 0. The van der Waals surface area contributed by atoms with Gasteiger partial charge in [-0.3, -0.25) is 18.6 Å². The van der Waals surface area contributed by atoms with Crippen LogP contribution in [0.15, 0.2) is 122 Å². The number of rotatable bonds is 58. The summed E-state index contributed by atoms with van der Waals surface area (Å²) in [7, 11) is 1.45. The van der Waals surface area contributed by atoms with Crippen LogP contribution < -0.4 is 0 Å². The molecule has 0 aromatic heterocycles. The molecule has 80 heavy (non-hydrogen) atoms. The molecule has 10 heteroatoms. The molecule has 0 aliphatic heterocycles. The maximum atomic E-state index is 12.8. The summed E-state index contributed by atoms with van der Waals surface area (Å²) in [6, 6.07) is 0. The van der Waals surface area contributed by atoms with Gasteiger partial charge in [-0.05, 0) is 103 Å². The Morgan fingerprint density at radius 2 is 0.675 bits per heavy atom. The summed E-state index contributed by atoms with van der Waals surface area (Å²) < 4.78 is 34.6. The largest absolute Gasteiger partial charge is 0.472 e. The van der Waals surface area contributed by atoms with Gasteiger partial charge in [-0.1, -0.05) is 264 Å². The Labute approximate surface area is 492 Å². The fourth-order valence-electron chi connectivity index (χ4n) is 8.60. The van der Waals surface area contributed by atoms with Crippen molar-refractivity contribution in [1.29, 1.82) is 0 Å². The molecule has 0 saturated carbocycles. The molecule has 0 saturated heterocycles. The molecule has 0 radical (unpaired) electrons. The van der Waals surface area contributed by atoms with E-state index in [4.69, 9.17) is 18.5 Å². The SMILES string of the molecule is CC/C=C\C/C=C\C/C=C\C/C=C\C/C=C\CCCCCCCCCCCCCCCCCCCCCCCC(=O)OC(COC(=O)CCCCC/C=C\C/C=C\C/C=C\C/C=C\C/C=C\CC)COP(=O)(O)OCC[N+](C)(C)C. The van der Waals surface area contributed by atoms with Gasteiger partial charge in [0.1, 0.15) is 19.8 Å². The third-order valence-corrected chi connectivity index (χ3v) is 14.5. The smallest absolute Gasteiger partial charge is 0.462 e. The molecule has 0 aliphatic rings. The van der Waals surface area contributed by atoms with Gasteiger partial charge in [-0.15, -0.1) is 0 Å². The van der Waals surface area contributed by atoms with Gasteiger partial charge in [0.15, 0.2) is 6.10 Å². The van der Waals surface area contributed by atoms with E-state index in [9.17, 15) is 19.0 Å². The highest BCUT2D eigenvalue weighted by Crippen LogP contribution is 2.43. The molecule has 2 atom stereocenters. The fourth-order valence-corrected chi connectivity index (χ4v) is 9.34. The first-order chi connectivity index (χ1) is 39.0. The average Bonchev–Trinajstić information content (AvgIpc) is 3.42. The van der Waals surface area contributed by atoms with E-state index in [1.54, 1.807) is 0 Å². The zero-order valence-corrected chi connectivity index (χ0v) is 52.9. The summed E-state index contributed by atoms with van der Waals surface area (Å²) in [5.74, 6) is -0.834. The number of allylic oxidation sites excluding steroid dienone is 20. The van der Waals surface area contributed by atoms with Crippen molar-refractivity contribution in [3.05, 3.63) is 122 Å². The molecule has 9 nitrogen and oxygen atoms in total. The van der Waals surface area contributed by atoms with Crippen LogP contribution in [0.3, 0.4) is 0 Å². The van der Waals surface area contributed by atoms with Crippen LogP contribution in [0.2, 0.25) is 0 Å². The highest BCUT2D eigenvalue weighted by molar-refractivity contribution is 7.47. The van der Waals surface area contributed by atoms with Crippen molar-refractivity contribution in [2.75, 3.05) is 47.5 Å². The third kappa shape index (κ3) is 63.6. The number of nitrogens with zero attached hydrogens (tertiary/aromatic N) is 1. The zero-order valence-electron chi connectivity index (χ0n) is 52.0. The van der Waals surface area contributed by atoms with Gasteiger partial charge in [-0.2, -0.15) is 0 Å². The first kappa shape index (κ1) is 76.4. The number of unbranched alkanes of at least 4 members (excludes halogenated alkanes) is 24. The van der Waals surface area contributed by atoms with Crippen LogP contribution in [0.25, 0.3) is 0 Å². The Balaban J connectivity index is 4.04. The Morgan fingerprint density at radius 1 is 0.388 bits per heavy atom. The van der Waals surface area contributed by atoms with E-state index < -0.39 is 32.5 Å². The van der Waals surface area contributed by atoms with Gasteiger partial charge in [0, 0.05) is 12.8 Å². The van der Waals surface area contributed by atoms with Crippen LogP contribution >= 0.6 is 7.82 Å². The third-order valence-electron chi connectivity index (χ3n) is 13.5. The Bertz CT molecular complexity index is 1760. The zero-order chi connectivity index (χ0) is 58.4. The number of quaternary nitrogens is 1. The van der Waals surface area contributed by atoms with E-state index in [0.29, 0.717) is 23.9 Å². The number of carbonyl (C=O) groups is 2. The molecule has 458 valence electrons. The molecule has 0 amide bonds. The van der Waals surface area contributed by atoms with Gasteiger partial charge >= 0.3 is 19.8 Å². The van der Waals surface area contributed by atoms with Crippen LogP contribution in [-0.2, 0) is 32.7 Å². The summed E-state index contributed by atoms with van der Waals surface area (Å²) in [5.41, 5.74) is 0. The summed E-state index contributed by atoms with van der Waals surface area (Å²) in [6.45, 7) is 4.17. The second-order valence-corrected chi connectivity index (χ2v) is 23.8. The van der Waals surface area contributed by atoms with Crippen LogP contribution in [0.5, 0.6) is 0 Å². The van der Waals surface area contributed by atoms with Crippen LogP contribution in [-0.4, -0.2) is 74.9 Å². The van der Waals surface area contributed by atoms with Crippen molar-refractivity contribution in [1.82, 2.24) is 0 Å². The molecular formula is C70H121NO8P+. The number of phosphoric ester groups is 1. The number of ether oxygens (including phenoxy) is 2. The first-order valence-corrected chi connectivity index (χ1v) is 33.8. The van der Waals surface area contributed by atoms with E-state index >= 15 is 0 Å². The number of carbonyl (C=O) groups excluding carboxylic acids is 2. The molecule has 0 spiro atoms. The van der Waals surface area contributed by atoms with Crippen LogP contribution in [0.1, 0.15) is 258 Å². The van der Waals surface area contributed by atoms with Crippen molar-refractivity contribution in [2.45, 2.75) is 264 Å². The molecule has 0 aliphatic carbocycles. The second kappa shape index (κ2) is 60.0. The van der Waals surface area contributed by atoms with Gasteiger partial charge < -0.3 is 18.9 Å². The number of hydrogen-bond acceptors (Lipinski definition) is 7. The predicted octanol–water partition coefficient (Wildman–Crippen LogP) is 20.7. The minimum absolute atomic E-state index is 0.0219. The number of hydrogen-bond donors (Lipinski definition) is 1. The highest BCUT2D eigenvalue weighted by Gasteiger charge is 2.27. The standard InChI is InChI=1S/C70H120NO8P/c1-6-8-10-12-14-16-18-20-22-24-26-27-28-29-30-31-32-33-34-35-36-37-38-39-40-41-42-43-45-47-49-51-53-55-57-59-61-63-70(73)79-68(67-78-80(74,75)77-65-64-71(3,4)5)66-76-69(72)62-60-58-56-54-52-50-48-46-44-25-23-21-19-17-15-13-11-9-7-2/h8-11,14-17,20-23,26-27,29-30,44,46,50,52,68H,6-7,12-13,18-19,24-25,28,31-43,45,47-49,51,53-67H2,1-5H3/p+1/b10-8-,11-9-,16-14-,17-15-,22-20-,23-21-,27-26-,30-29-,46-44-,52-50-. The van der Waals surface area contributed by atoms with Gasteiger partial charge in [-0.25, -0.2) is 4.57 Å². The molecule has 0 rings (SSSR count). The molecule has 2 unspecified atom stereocenters. The molecular weight excluding hydrogens is 1010 g/mol. The first-order valence-electron chi connectivity index (χ1n) is 32.3. The molecule has 0 bridgehead atoms. The van der Waals surface area contributed by atoms with Crippen molar-refractivity contribution in [2.24, 2.45) is 0 Å². The topological polar surface area (TPSA) is 108 Å². The molecule has 0 heterocycles. The summed E-state index contributed by atoms with van der Waals surface area (Å²) >= 11 is 0. The molecule has 1 N–H and O–H groups in total. The lowest BCUT2D eigenvalue weighted by atomic mass is 10.0. The quantitative estimate of drug-likeness (QED) is 0.0211. The molecule has 0 aromatic carbocycles. The maximum Gasteiger partial charge on any atom is 0.472 e. The fraction of sp³-hybridized carbons (Fsp3) is 0.686. The van der Waals surface area contributed by atoms with Gasteiger partial charge in [0.05, 0.1) is 27.7 Å². The minimum Gasteiger partial charge on any atom is -0.462 e. The van der Waals surface area contributed by atoms with E-state index in [2.05, 4.69) is 135 Å². The maximum absolute atomic E-state index is 12.8. The van der Waals surface area contributed by atoms with E-state index in [0.717, 1.165) is 103 Å². The Hall–Kier alpha value is -3.59. The summed E-state index contributed by atoms with van der Waals surface area (Å²) in [6.07, 6.45) is 85.9. The Kier molecular flexibility index (Phi) is 57.3. The van der Waals surface area contributed by atoms with Crippen molar-refractivity contribution >= 4 is 19.8 Å². The van der Waals surface area contributed by atoms with Crippen molar-refractivity contribution in [3.8, 4) is 0 Å². The Morgan fingerprint density at radius 3 is 1.01 bits per heavy atom. The lowest BCUT2D eigenvalue weighted by Gasteiger charge is -2.24. The lowest BCUT2D eigenvalue weighted by Crippen LogP contribution is -2.37. The lowest BCUT2D eigenvalue weighted by molar-refractivity contribution is -0.870. The number of likely N-dealkylation sites (N-methyl/N-ethyl adjacent to an activating group) is 1. The predicted molar refractivity (Wildman–Crippen MR) is 344 cm³/mol. The number of esters is 2. The normalized spacial score (nSPS) is 14.0. The van der Waals surface area contributed by atoms with E-state index in [1.807, 2.05) is 21.1 Å². The van der Waals surface area contributed by atoms with Crippen molar-refractivity contribution in [3.63, 3.8) is 0 Å².